The first-order valence-electron chi connectivity index (χ1n) is 7.36. The van der Waals surface area contributed by atoms with Gasteiger partial charge in [-0.15, -0.1) is 0 Å². The maximum Gasteiger partial charge on any atom is 0.339 e. The van der Waals surface area contributed by atoms with Crippen LogP contribution >= 0.6 is 11.6 Å². The number of hydrogen-bond donors (Lipinski definition) is 1. The van der Waals surface area contributed by atoms with Crippen molar-refractivity contribution in [1.82, 2.24) is 4.90 Å². The number of piperidine rings is 1. The smallest absolute Gasteiger partial charge is 0.339 e. The van der Waals surface area contributed by atoms with Crippen LogP contribution in [0.15, 0.2) is 6.07 Å². The van der Waals surface area contributed by atoms with Gasteiger partial charge in [0.25, 0.3) is 0 Å². The molecule has 0 aromatic heterocycles. The zero-order valence-electron chi connectivity index (χ0n) is 12.6. The number of nitrogens with zero attached hydrogens (tertiary/aromatic N) is 1. The van der Waals surface area contributed by atoms with Crippen LogP contribution < -0.4 is 4.74 Å². The fourth-order valence-electron chi connectivity index (χ4n) is 2.92. The van der Waals surface area contributed by atoms with E-state index in [9.17, 15) is 9.90 Å². The van der Waals surface area contributed by atoms with E-state index in [0.717, 1.165) is 37.2 Å². The van der Waals surface area contributed by atoms with Crippen LogP contribution in [0.3, 0.4) is 0 Å². The van der Waals surface area contributed by atoms with Crippen molar-refractivity contribution >= 4 is 17.6 Å². The maximum atomic E-state index is 11.4. The zero-order chi connectivity index (χ0) is 15.4. The highest BCUT2D eigenvalue weighted by Crippen LogP contribution is 2.33. The van der Waals surface area contributed by atoms with Gasteiger partial charge in [0.2, 0.25) is 0 Å². The average molecular weight is 312 g/mol. The van der Waals surface area contributed by atoms with E-state index in [-0.39, 0.29) is 5.56 Å². The van der Waals surface area contributed by atoms with E-state index >= 15 is 0 Å². The number of carbonyl (C=O) groups is 1. The topological polar surface area (TPSA) is 49.8 Å². The molecule has 1 aromatic carbocycles. The van der Waals surface area contributed by atoms with Crippen LogP contribution in [0.25, 0.3) is 0 Å². The summed E-state index contributed by atoms with van der Waals surface area (Å²) in [6.45, 7) is 5.07. The molecule has 0 atom stereocenters. The Hall–Kier alpha value is -1.26. The molecule has 0 bridgehead atoms. The Morgan fingerprint density at radius 1 is 1.38 bits per heavy atom. The van der Waals surface area contributed by atoms with E-state index < -0.39 is 5.97 Å². The lowest BCUT2D eigenvalue weighted by atomic mass is 9.99. The standard InChI is InChI=1S/C16H22ClNO3/c1-11-12(6-9-18-7-4-3-5-8-18)15(21-2)13(16(19)20)10-14(11)17/h10H,3-9H2,1-2H3,(H,19,20). The van der Waals surface area contributed by atoms with Crippen molar-refractivity contribution in [2.45, 2.75) is 32.6 Å². The van der Waals surface area contributed by atoms with Crippen molar-refractivity contribution in [3.05, 3.63) is 27.8 Å². The van der Waals surface area contributed by atoms with Gasteiger partial charge in [-0.05, 0) is 50.9 Å². The number of ether oxygens (including phenoxy) is 1. The molecular weight excluding hydrogens is 290 g/mol. The summed E-state index contributed by atoms with van der Waals surface area (Å²) in [7, 11) is 1.51. The predicted octanol–water partition coefficient (Wildman–Crippen LogP) is 3.38. The van der Waals surface area contributed by atoms with Crippen LogP contribution in [0.5, 0.6) is 5.75 Å². The van der Waals surface area contributed by atoms with Gasteiger partial charge in [0.15, 0.2) is 0 Å². The second-order valence-electron chi connectivity index (χ2n) is 5.50. The van der Waals surface area contributed by atoms with Crippen LogP contribution in [-0.4, -0.2) is 42.7 Å². The van der Waals surface area contributed by atoms with Gasteiger partial charge in [-0.3, -0.25) is 0 Å². The third kappa shape index (κ3) is 3.69. The highest BCUT2D eigenvalue weighted by atomic mass is 35.5. The summed E-state index contributed by atoms with van der Waals surface area (Å²) in [6, 6.07) is 1.47. The van der Waals surface area contributed by atoms with E-state index in [0.29, 0.717) is 10.8 Å². The maximum absolute atomic E-state index is 11.4. The summed E-state index contributed by atoms with van der Waals surface area (Å²) in [5, 5.41) is 9.79. The van der Waals surface area contributed by atoms with Gasteiger partial charge in [-0.25, -0.2) is 4.79 Å². The van der Waals surface area contributed by atoms with Gasteiger partial charge in [0.1, 0.15) is 11.3 Å². The van der Waals surface area contributed by atoms with Crippen molar-refractivity contribution in [1.29, 1.82) is 0 Å². The Morgan fingerprint density at radius 3 is 2.62 bits per heavy atom. The number of carboxylic acids is 1. The highest BCUT2D eigenvalue weighted by molar-refractivity contribution is 6.32. The van der Waals surface area contributed by atoms with Crippen molar-refractivity contribution < 1.29 is 14.6 Å². The van der Waals surface area contributed by atoms with Gasteiger partial charge in [-0.1, -0.05) is 18.0 Å². The zero-order valence-corrected chi connectivity index (χ0v) is 13.4. The first-order chi connectivity index (χ1) is 10.0. The molecule has 1 heterocycles. The average Bonchev–Trinajstić information content (AvgIpc) is 2.49. The molecule has 1 saturated heterocycles. The lowest BCUT2D eigenvalue weighted by Crippen LogP contribution is -2.31. The van der Waals surface area contributed by atoms with Crippen LogP contribution in [0.4, 0.5) is 0 Å². The van der Waals surface area contributed by atoms with Gasteiger partial charge >= 0.3 is 5.97 Å². The largest absolute Gasteiger partial charge is 0.496 e. The molecule has 1 aromatic rings. The first-order valence-corrected chi connectivity index (χ1v) is 7.74. The summed E-state index contributed by atoms with van der Waals surface area (Å²) in [6.07, 6.45) is 4.55. The minimum atomic E-state index is -1.01. The number of benzene rings is 1. The third-order valence-corrected chi connectivity index (χ3v) is 4.55. The Kier molecular flexibility index (Phi) is 5.48. The van der Waals surface area contributed by atoms with Crippen molar-refractivity contribution in [3.8, 4) is 5.75 Å². The summed E-state index contributed by atoms with van der Waals surface area (Å²) in [5.74, 6) is -0.561. The summed E-state index contributed by atoms with van der Waals surface area (Å²) in [5.41, 5.74) is 1.96. The fraction of sp³-hybridized carbons (Fsp3) is 0.562. The van der Waals surface area contributed by atoms with Crippen LogP contribution in [-0.2, 0) is 6.42 Å². The van der Waals surface area contributed by atoms with E-state index in [1.165, 1.54) is 32.4 Å². The first kappa shape index (κ1) is 16.1. The summed E-state index contributed by atoms with van der Waals surface area (Å²) in [4.78, 5) is 13.8. The molecule has 0 radical (unpaired) electrons. The number of hydrogen-bond acceptors (Lipinski definition) is 3. The molecule has 4 nitrogen and oxygen atoms in total. The second-order valence-corrected chi connectivity index (χ2v) is 5.91. The minimum absolute atomic E-state index is 0.141. The van der Waals surface area contributed by atoms with Gasteiger partial charge in [0.05, 0.1) is 7.11 Å². The second kappa shape index (κ2) is 7.14. The molecule has 0 spiro atoms. The molecule has 21 heavy (non-hydrogen) atoms. The number of halogens is 1. The SMILES string of the molecule is COc1c(C(=O)O)cc(Cl)c(C)c1CCN1CCCCC1. The minimum Gasteiger partial charge on any atom is -0.496 e. The molecule has 1 aliphatic heterocycles. The molecule has 0 saturated carbocycles. The van der Waals surface area contributed by atoms with Crippen LogP contribution in [0, 0.1) is 6.92 Å². The molecule has 1 aliphatic rings. The van der Waals surface area contributed by atoms with Crippen LogP contribution in [0.1, 0.15) is 40.7 Å². The molecule has 1 N–H and O–H groups in total. The van der Waals surface area contributed by atoms with Gasteiger partial charge in [-0.2, -0.15) is 0 Å². The van der Waals surface area contributed by atoms with E-state index in [1.54, 1.807) is 0 Å². The lowest BCUT2D eigenvalue weighted by Gasteiger charge is -2.27. The van der Waals surface area contributed by atoms with Crippen molar-refractivity contribution in [3.63, 3.8) is 0 Å². The predicted molar refractivity (Wildman–Crippen MR) is 83.7 cm³/mol. The monoisotopic (exact) mass is 311 g/mol. The molecule has 2 rings (SSSR count). The fourth-order valence-corrected chi connectivity index (χ4v) is 3.15. The molecule has 116 valence electrons. The third-order valence-electron chi connectivity index (χ3n) is 4.16. The Morgan fingerprint density at radius 2 is 2.05 bits per heavy atom. The Labute approximate surface area is 130 Å². The molecule has 0 amide bonds. The molecule has 0 unspecified atom stereocenters. The van der Waals surface area contributed by atoms with E-state index in [4.69, 9.17) is 16.3 Å². The highest BCUT2D eigenvalue weighted by Gasteiger charge is 2.20. The number of rotatable bonds is 5. The quantitative estimate of drug-likeness (QED) is 0.905. The number of carboxylic acid groups (broad SMARTS) is 1. The van der Waals surface area contributed by atoms with Gasteiger partial charge in [0, 0.05) is 17.1 Å². The molecule has 5 heteroatoms. The molecular formula is C16H22ClNO3. The lowest BCUT2D eigenvalue weighted by molar-refractivity contribution is 0.0693. The molecule has 0 aliphatic carbocycles. The Balaban J connectivity index is 2.25. The van der Waals surface area contributed by atoms with E-state index in [1.807, 2.05) is 6.92 Å². The normalized spacial score (nSPS) is 16.0. The number of methoxy groups -OCH3 is 1. The van der Waals surface area contributed by atoms with Crippen molar-refractivity contribution in [2.24, 2.45) is 0 Å². The summed E-state index contributed by atoms with van der Waals surface area (Å²) >= 11 is 6.18. The Bertz CT molecular complexity index is 525. The summed E-state index contributed by atoms with van der Waals surface area (Å²) < 4.78 is 5.36. The molecule has 1 fully saturated rings. The number of likely N-dealkylation sites (tertiary alicyclic amines) is 1. The van der Waals surface area contributed by atoms with Crippen molar-refractivity contribution in [2.75, 3.05) is 26.7 Å². The van der Waals surface area contributed by atoms with Gasteiger partial charge < -0.3 is 14.7 Å². The van der Waals surface area contributed by atoms with E-state index in [2.05, 4.69) is 4.90 Å². The van der Waals surface area contributed by atoms with Crippen LogP contribution in [0.2, 0.25) is 5.02 Å². The number of aromatic carboxylic acids is 1.